The zero-order valence-electron chi connectivity index (χ0n) is 34.6. The van der Waals surface area contributed by atoms with Crippen LogP contribution in [0.25, 0.3) is 6.08 Å². The Labute approximate surface area is 372 Å². The SMILES string of the molecule is O=C(/C=C/c1cnc[nH]1)N1CCN(C2c3ccc(Cl)cc3CCc3cccnc32)CC1.O=C(CCc1cnc[nH]1)N1CCN(C2c3ccc(Cl)cc3CCc3cccnc32)CC1. The summed E-state index contributed by atoms with van der Waals surface area (Å²) in [6.45, 7) is 6.12. The molecule has 6 heterocycles. The molecule has 2 atom stereocenters. The van der Waals surface area contributed by atoms with Crippen molar-refractivity contribution in [2.45, 2.75) is 50.6 Å². The highest BCUT2D eigenvalue weighted by molar-refractivity contribution is 6.31. The van der Waals surface area contributed by atoms with E-state index in [1.165, 1.54) is 33.4 Å². The second-order valence-electron chi connectivity index (χ2n) is 16.3. The summed E-state index contributed by atoms with van der Waals surface area (Å²) in [4.78, 5) is 57.8. The molecule has 12 nitrogen and oxygen atoms in total. The minimum absolute atomic E-state index is 0.0285. The molecular formula is C48H50Cl2N10O2. The molecule has 6 aromatic rings. The van der Waals surface area contributed by atoms with Gasteiger partial charge in [0, 0.05) is 99.2 Å². The van der Waals surface area contributed by atoms with Gasteiger partial charge in [-0.15, -0.1) is 0 Å². The van der Waals surface area contributed by atoms with Crippen molar-refractivity contribution in [2.24, 2.45) is 0 Å². The Morgan fingerprint density at radius 3 is 1.71 bits per heavy atom. The fourth-order valence-corrected chi connectivity index (χ4v) is 9.77. The number of piperazine rings is 2. The summed E-state index contributed by atoms with van der Waals surface area (Å²) in [5.74, 6) is 0.238. The minimum Gasteiger partial charge on any atom is -0.348 e. The van der Waals surface area contributed by atoms with Crippen LogP contribution < -0.4 is 0 Å². The summed E-state index contributed by atoms with van der Waals surface area (Å²) in [7, 11) is 0. The third-order valence-corrected chi connectivity index (χ3v) is 13.1. The van der Waals surface area contributed by atoms with Crippen molar-refractivity contribution in [3.63, 3.8) is 0 Å². The Kier molecular flexibility index (Phi) is 12.9. The topological polar surface area (TPSA) is 130 Å². The number of carbonyl (C=O) groups is 2. The van der Waals surface area contributed by atoms with E-state index in [2.05, 4.69) is 66.1 Å². The van der Waals surface area contributed by atoms with Crippen molar-refractivity contribution >= 4 is 41.1 Å². The molecule has 0 saturated carbocycles. The first-order valence-electron chi connectivity index (χ1n) is 21.5. The molecule has 2 saturated heterocycles. The molecule has 0 bridgehead atoms. The number of nitrogens with one attached hydrogen (secondary N) is 2. The third kappa shape index (κ3) is 9.39. The Morgan fingerprint density at radius 1 is 0.645 bits per heavy atom. The van der Waals surface area contributed by atoms with E-state index in [0.29, 0.717) is 25.9 Å². The highest BCUT2D eigenvalue weighted by Gasteiger charge is 2.34. The smallest absolute Gasteiger partial charge is 0.246 e. The normalized spacial score (nSPS) is 19.0. The van der Waals surface area contributed by atoms with Gasteiger partial charge >= 0.3 is 0 Å². The van der Waals surface area contributed by atoms with Gasteiger partial charge in [0.05, 0.1) is 48.0 Å². The van der Waals surface area contributed by atoms with E-state index in [9.17, 15) is 9.59 Å². The maximum absolute atomic E-state index is 12.7. The first-order chi connectivity index (χ1) is 30.4. The van der Waals surface area contributed by atoms with Gasteiger partial charge in [-0.3, -0.25) is 29.4 Å². The molecule has 2 aromatic carbocycles. The van der Waals surface area contributed by atoms with Gasteiger partial charge in [0.1, 0.15) is 0 Å². The van der Waals surface area contributed by atoms with Crippen molar-refractivity contribution < 1.29 is 9.59 Å². The first kappa shape index (κ1) is 41.7. The number of hydrogen-bond donors (Lipinski definition) is 2. The number of aromatic amines is 2. The van der Waals surface area contributed by atoms with Crippen LogP contribution >= 0.6 is 23.2 Å². The van der Waals surface area contributed by atoms with Gasteiger partial charge < -0.3 is 19.8 Å². The van der Waals surface area contributed by atoms with E-state index in [1.807, 2.05) is 46.5 Å². The first-order valence-corrected chi connectivity index (χ1v) is 22.3. The standard InChI is InChI=1S/C24H26ClN5O.C24H24ClN5O/c2*25-19-5-7-21-18(14-19)4-3-17-2-1-9-27-23(17)24(21)30-12-10-29(11-13-30)22(31)8-6-20-15-26-16-28-20/h1-2,5,7,9,14-16,24H,3-4,6,8,10-13H2,(H,26,28);1-2,5-9,14-16,24H,3-4,10-13H2,(H,26,28)/b;8-6+. The lowest BCUT2D eigenvalue weighted by atomic mass is 9.96. The lowest BCUT2D eigenvalue weighted by Gasteiger charge is -2.39. The molecule has 4 aliphatic rings. The molecule has 0 spiro atoms. The molecule has 2 amide bonds. The summed E-state index contributed by atoms with van der Waals surface area (Å²) >= 11 is 12.6. The molecule has 4 aromatic heterocycles. The van der Waals surface area contributed by atoms with Crippen LogP contribution in [0.5, 0.6) is 0 Å². The van der Waals surface area contributed by atoms with Crippen LogP contribution in [0.1, 0.15) is 74.7 Å². The van der Waals surface area contributed by atoms with E-state index >= 15 is 0 Å². The Morgan fingerprint density at radius 2 is 1.18 bits per heavy atom. The average Bonchev–Trinajstić information content (AvgIpc) is 3.98. The van der Waals surface area contributed by atoms with Crippen molar-refractivity contribution in [1.82, 2.24) is 49.5 Å². The van der Waals surface area contributed by atoms with Gasteiger partial charge in [-0.1, -0.05) is 47.5 Å². The summed E-state index contributed by atoms with van der Waals surface area (Å²) in [6.07, 6.45) is 19.0. The molecule has 2 aliphatic carbocycles. The predicted molar refractivity (Wildman–Crippen MR) is 241 cm³/mol. The van der Waals surface area contributed by atoms with Gasteiger partial charge in [-0.05, 0) is 108 Å². The molecule has 62 heavy (non-hydrogen) atoms. The lowest BCUT2D eigenvalue weighted by Crippen LogP contribution is -2.50. The van der Waals surface area contributed by atoms with Crippen LogP contribution in [0.4, 0.5) is 0 Å². The number of halogens is 2. The molecule has 2 fully saturated rings. The molecule has 10 rings (SSSR count). The largest absolute Gasteiger partial charge is 0.348 e. The van der Waals surface area contributed by atoms with Crippen LogP contribution in [0.15, 0.2) is 104 Å². The number of aromatic nitrogens is 6. The van der Waals surface area contributed by atoms with Gasteiger partial charge in [0.15, 0.2) is 0 Å². The molecular weight excluding hydrogens is 820 g/mol. The number of amides is 2. The highest BCUT2D eigenvalue weighted by Crippen LogP contribution is 2.39. The zero-order valence-corrected chi connectivity index (χ0v) is 36.1. The number of pyridine rings is 2. The lowest BCUT2D eigenvalue weighted by molar-refractivity contribution is -0.133. The molecule has 0 radical (unpaired) electrons. The van der Waals surface area contributed by atoms with E-state index in [4.69, 9.17) is 33.2 Å². The van der Waals surface area contributed by atoms with E-state index in [0.717, 1.165) is 97.8 Å². The van der Waals surface area contributed by atoms with Crippen LogP contribution in [-0.2, 0) is 41.7 Å². The average molecular weight is 870 g/mol. The van der Waals surface area contributed by atoms with Gasteiger partial charge in [-0.25, -0.2) is 9.97 Å². The Balaban J connectivity index is 0.000000158. The second-order valence-corrected chi connectivity index (χ2v) is 17.2. The monoisotopic (exact) mass is 868 g/mol. The Bertz CT molecular complexity index is 2510. The number of rotatable bonds is 7. The number of H-pyrrole nitrogens is 2. The molecule has 318 valence electrons. The van der Waals surface area contributed by atoms with Crippen molar-refractivity contribution in [1.29, 1.82) is 0 Å². The van der Waals surface area contributed by atoms with Crippen LogP contribution in [0.3, 0.4) is 0 Å². The third-order valence-electron chi connectivity index (χ3n) is 12.6. The fourth-order valence-electron chi connectivity index (χ4n) is 9.38. The number of benzene rings is 2. The van der Waals surface area contributed by atoms with Gasteiger partial charge in [0.2, 0.25) is 11.8 Å². The van der Waals surface area contributed by atoms with Crippen LogP contribution in [0.2, 0.25) is 10.0 Å². The Hall–Kier alpha value is -5.66. The van der Waals surface area contributed by atoms with Crippen molar-refractivity contribution in [3.05, 3.63) is 170 Å². The van der Waals surface area contributed by atoms with E-state index < -0.39 is 0 Å². The molecule has 2 unspecified atom stereocenters. The van der Waals surface area contributed by atoms with Crippen molar-refractivity contribution in [3.8, 4) is 0 Å². The quantitative estimate of drug-likeness (QED) is 0.166. The molecule has 2 N–H and O–H groups in total. The maximum atomic E-state index is 12.7. The number of imidazole rings is 2. The predicted octanol–water partition coefficient (Wildman–Crippen LogP) is 6.93. The zero-order chi connectivity index (χ0) is 42.4. The fraction of sp³-hybridized carbons (Fsp3) is 0.333. The number of aryl methyl sites for hydroxylation is 5. The number of hydrogen-bond acceptors (Lipinski definition) is 8. The van der Waals surface area contributed by atoms with Gasteiger partial charge in [-0.2, -0.15) is 0 Å². The number of carbonyl (C=O) groups excluding carboxylic acids is 2. The molecule has 14 heteroatoms. The molecule has 2 aliphatic heterocycles. The maximum Gasteiger partial charge on any atom is 0.246 e. The summed E-state index contributed by atoms with van der Waals surface area (Å²) in [5, 5.41) is 1.56. The minimum atomic E-state index is 0.0285. The summed E-state index contributed by atoms with van der Waals surface area (Å²) in [5.41, 5.74) is 11.8. The number of nitrogens with zero attached hydrogens (tertiary/aromatic N) is 8. The van der Waals surface area contributed by atoms with Gasteiger partial charge in [0.25, 0.3) is 0 Å². The van der Waals surface area contributed by atoms with E-state index in [-0.39, 0.29) is 23.9 Å². The highest BCUT2D eigenvalue weighted by atomic mass is 35.5. The van der Waals surface area contributed by atoms with E-state index in [1.54, 1.807) is 37.2 Å². The number of fused-ring (bicyclic) bond motifs is 4. The van der Waals surface area contributed by atoms with Crippen LogP contribution in [-0.4, -0.2) is 114 Å². The summed E-state index contributed by atoms with van der Waals surface area (Å²) < 4.78 is 0. The second kappa shape index (κ2) is 19.2. The van der Waals surface area contributed by atoms with Crippen molar-refractivity contribution in [2.75, 3.05) is 52.4 Å². The summed E-state index contributed by atoms with van der Waals surface area (Å²) in [6, 6.07) is 21.1. The van der Waals surface area contributed by atoms with Crippen LogP contribution in [0, 0.1) is 0 Å².